The molecule has 80 valence electrons. The molecule has 0 radical (unpaired) electrons. The lowest BCUT2D eigenvalue weighted by Gasteiger charge is -2.17. The highest BCUT2D eigenvalue weighted by Gasteiger charge is 2.46. The van der Waals surface area contributed by atoms with E-state index in [1.807, 2.05) is 0 Å². The average molecular weight is 202 g/mol. The van der Waals surface area contributed by atoms with Crippen molar-refractivity contribution in [3.8, 4) is 0 Å². The van der Waals surface area contributed by atoms with Crippen LogP contribution in [-0.4, -0.2) is 34.9 Å². The molecule has 5 heteroatoms. The third-order valence-corrected chi connectivity index (χ3v) is 2.66. The van der Waals surface area contributed by atoms with Gasteiger partial charge in [0.05, 0.1) is 12.0 Å². The molecular weight excluding hydrogens is 188 g/mol. The Morgan fingerprint density at radius 3 is 2.71 bits per heavy atom. The third kappa shape index (κ3) is 1.93. The van der Waals surface area contributed by atoms with E-state index in [9.17, 15) is 9.59 Å². The van der Waals surface area contributed by atoms with Crippen LogP contribution in [0.25, 0.3) is 0 Å². The quantitative estimate of drug-likeness (QED) is 0.628. The van der Waals surface area contributed by atoms with Gasteiger partial charge in [-0.3, -0.25) is 9.59 Å². The van der Waals surface area contributed by atoms with Gasteiger partial charge in [-0.15, -0.1) is 0 Å². The van der Waals surface area contributed by atoms with Gasteiger partial charge in [-0.05, 0) is 6.42 Å². The summed E-state index contributed by atoms with van der Waals surface area (Å²) in [6.07, 6.45) is -0.0770. The van der Waals surface area contributed by atoms with E-state index in [4.69, 9.17) is 14.9 Å². The maximum Gasteiger partial charge on any atom is 0.309 e. The third-order valence-electron chi connectivity index (χ3n) is 2.66. The summed E-state index contributed by atoms with van der Waals surface area (Å²) in [4.78, 5) is 22.3. The Kier molecular flexibility index (Phi) is 3.60. The van der Waals surface area contributed by atoms with Gasteiger partial charge >= 0.3 is 5.97 Å². The van der Waals surface area contributed by atoms with Crippen molar-refractivity contribution >= 4 is 11.8 Å². The summed E-state index contributed by atoms with van der Waals surface area (Å²) in [6, 6.07) is 0. The van der Waals surface area contributed by atoms with Crippen LogP contribution in [0.2, 0.25) is 0 Å². The number of hydrogen-bond acceptors (Lipinski definition) is 4. The van der Waals surface area contributed by atoms with Gasteiger partial charge in [0, 0.05) is 12.3 Å². The van der Waals surface area contributed by atoms with Crippen LogP contribution < -0.4 is 0 Å². The number of ketones is 1. The van der Waals surface area contributed by atoms with Crippen molar-refractivity contribution < 1.29 is 24.5 Å². The molecule has 0 amide bonds. The van der Waals surface area contributed by atoms with Crippen LogP contribution in [0.4, 0.5) is 0 Å². The van der Waals surface area contributed by atoms with Crippen molar-refractivity contribution in [2.45, 2.75) is 25.9 Å². The molecule has 0 aromatic heterocycles. The Labute approximate surface area is 81.7 Å². The second-order valence-corrected chi connectivity index (χ2v) is 3.38. The van der Waals surface area contributed by atoms with Gasteiger partial charge in [-0.2, -0.15) is 0 Å². The van der Waals surface area contributed by atoms with E-state index in [0.29, 0.717) is 6.42 Å². The first kappa shape index (κ1) is 11.1. The number of carboxylic acid groups (broad SMARTS) is 1. The number of rotatable bonds is 4. The molecule has 0 saturated heterocycles. The topological polar surface area (TPSA) is 83.8 Å². The van der Waals surface area contributed by atoms with Gasteiger partial charge in [0.1, 0.15) is 12.6 Å². The molecule has 5 nitrogen and oxygen atoms in total. The minimum Gasteiger partial charge on any atom is -0.481 e. The highest BCUT2D eigenvalue weighted by molar-refractivity contribution is 5.90. The number of Topliss-reactive ketones (excluding diaryl/α,β-unsaturated/α-hetero) is 1. The lowest BCUT2D eigenvalue weighted by Crippen LogP contribution is -2.30. The Balaban J connectivity index is 2.79. The second-order valence-electron chi connectivity index (χ2n) is 3.38. The van der Waals surface area contributed by atoms with Gasteiger partial charge in [0.2, 0.25) is 0 Å². The van der Waals surface area contributed by atoms with E-state index in [-0.39, 0.29) is 12.2 Å². The summed E-state index contributed by atoms with van der Waals surface area (Å²) < 4.78 is 4.83. The van der Waals surface area contributed by atoms with Crippen molar-refractivity contribution in [1.82, 2.24) is 0 Å². The summed E-state index contributed by atoms with van der Waals surface area (Å²) >= 11 is 0. The van der Waals surface area contributed by atoms with Crippen molar-refractivity contribution in [3.63, 3.8) is 0 Å². The van der Waals surface area contributed by atoms with E-state index >= 15 is 0 Å². The predicted molar refractivity (Wildman–Crippen MR) is 46.5 cm³/mol. The summed E-state index contributed by atoms with van der Waals surface area (Å²) in [5, 5.41) is 17.5. The predicted octanol–water partition coefficient (Wildman–Crippen LogP) is 0.0212. The van der Waals surface area contributed by atoms with Gasteiger partial charge in [-0.25, -0.2) is 0 Å². The number of aliphatic hydroxyl groups excluding tert-OH is 1. The van der Waals surface area contributed by atoms with Crippen molar-refractivity contribution in [3.05, 3.63) is 0 Å². The fourth-order valence-electron chi connectivity index (χ4n) is 2.01. The highest BCUT2D eigenvalue weighted by Crippen LogP contribution is 2.33. The zero-order valence-electron chi connectivity index (χ0n) is 7.97. The maximum absolute atomic E-state index is 11.4. The van der Waals surface area contributed by atoms with Gasteiger partial charge < -0.3 is 14.9 Å². The van der Waals surface area contributed by atoms with E-state index < -0.39 is 30.7 Å². The van der Waals surface area contributed by atoms with Crippen molar-refractivity contribution in [1.29, 1.82) is 0 Å². The Bertz CT molecular complexity index is 237. The molecule has 0 bridgehead atoms. The lowest BCUT2D eigenvalue weighted by molar-refractivity contribution is -0.151. The molecule has 1 aliphatic carbocycles. The first-order valence-corrected chi connectivity index (χ1v) is 4.59. The minimum absolute atomic E-state index is 0.0849. The van der Waals surface area contributed by atoms with Crippen LogP contribution in [0, 0.1) is 11.8 Å². The molecule has 0 aliphatic heterocycles. The summed E-state index contributed by atoms with van der Waals surface area (Å²) in [5.41, 5.74) is 0. The van der Waals surface area contributed by atoms with E-state index in [1.165, 1.54) is 0 Å². The molecule has 0 aromatic carbocycles. The molecule has 14 heavy (non-hydrogen) atoms. The maximum atomic E-state index is 11.4. The molecule has 0 heterocycles. The standard InChI is InChI=1S/C9H14O5/c1-2-5-6(11)3-7(14-4-10)8(5)9(12)13/h5,7-8,10H,2-4H2,1H3,(H,12,13). The number of carboxylic acids is 1. The number of carbonyl (C=O) groups excluding carboxylic acids is 1. The molecule has 3 atom stereocenters. The fraction of sp³-hybridized carbons (Fsp3) is 0.778. The molecule has 1 fully saturated rings. The normalized spacial score (nSPS) is 32.1. The van der Waals surface area contributed by atoms with Crippen LogP contribution in [0.3, 0.4) is 0 Å². The SMILES string of the molecule is CCC1C(=O)CC(OCO)C1C(=O)O. The fourth-order valence-corrected chi connectivity index (χ4v) is 2.01. The summed E-state index contributed by atoms with van der Waals surface area (Å²) in [7, 11) is 0. The highest BCUT2D eigenvalue weighted by atomic mass is 16.6. The Morgan fingerprint density at radius 2 is 2.29 bits per heavy atom. The van der Waals surface area contributed by atoms with Gasteiger partial charge in [0.25, 0.3) is 0 Å². The monoisotopic (exact) mass is 202 g/mol. The summed E-state index contributed by atoms with van der Waals surface area (Å²) in [5.74, 6) is -2.39. The minimum atomic E-state index is -1.03. The molecule has 2 N–H and O–H groups in total. The zero-order valence-corrected chi connectivity index (χ0v) is 7.97. The smallest absolute Gasteiger partial charge is 0.309 e. The number of aliphatic hydroxyl groups is 1. The van der Waals surface area contributed by atoms with E-state index in [2.05, 4.69) is 0 Å². The van der Waals surface area contributed by atoms with Crippen LogP contribution in [0.15, 0.2) is 0 Å². The average Bonchev–Trinajstić information content (AvgIpc) is 2.42. The first-order chi connectivity index (χ1) is 6.61. The molecule has 1 aliphatic rings. The lowest BCUT2D eigenvalue weighted by atomic mass is 9.92. The number of aliphatic carboxylic acids is 1. The largest absolute Gasteiger partial charge is 0.481 e. The first-order valence-electron chi connectivity index (χ1n) is 4.59. The summed E-state index contributed by atoms with van der Waals surface area (Å²) in [6.45, 7) is 1.23. The second kappa shape index (κ2) is 4.52. The molecule has 3 unspecified atom stereocenters. The molecule has 1 rings (SSSR count). The van der Waals surface area contributed by atoms with Crippen molar-refractivity contribution in [2.24, 2.45) is 11.8 Å². The van der Waals surface area contributed by atoms with Crippen LogP contribution in [-0.2, 0) is 14.3 Å². The molecule has 1 saturated carbocycles. The van der Waals surface area contributed by atoms with Gasteiger partial charge in [0.15, 0.2) is 0 Å². The molecule has 0 aromatic rings. The number of carbonyl (C=O) groups is 2. The Morgan fingerprint density at radius 1 is 1.64 bits per heavy atom. The molecule has 0 spiro atoms. The number of ether oxygens (including phenoxy) is 1. The van der Waals surface area contributed by atoms with Crippen molar-refractivity contribution in [2.75, 3.05) is 6.79 Å². The van der Waals surface area contributed by atoms with Crippen LogP contribution >= 0.6 is 0 Å². The van der Waals surface area contributed by atoms with Crippen LogP contribution in [0.1, 0.15) is 19.8 Å². The Hall–Kier alpha value is -0.940. The molecular formula is C9H14O5. The van der Waals surface area contributed by atoms with E-state index in [1.54, 1.807) is 6.92 Å². The van der Waals surface area contributed by atoms with Crippen LogP contribution in [0.5, 0.6) is 0 Å². The van der Waals surface area contributed by atoms with Gasteiger partial charge in [-0.1, -0.05) is 6.92 Å². The van der Waals surface area contributed by atoms with E-state index in [0.717, 1.165) is 0 Å². The zero-order chi connectivity index (χ0) is 10.7. The number of hydrogen-bond donors (Lipinski definition) is 2.